The molecule has 1 unspecified atom stereocenters. The predicted molar refractivity (Wildman–Crippen MR) is 315 cm³/mol. The highest BCUT2D eigenvalue weighted by Gasteiger charge is 2.46. The van der Waals surface area contributed by atoms with Crippen LogP contribution in [0.1, 0.15) is 143 Å². The lowest BCUT2D eigenvalue weighted by Crippen LogP contribution is -2.63. The quantitative estimate of drug-likeness (QED) is 0.168. The molecule has 5 N–H and O–H groups in total. The monoisotopic (exact) mass is 1180 g/mol. The Kier molecular flexibility index (Phi) is 30.3. The number of nitrogens with one attached hydrogen (secondary N) is 4. The van der Waals surface area contributed by atoms with Crippen LogP contribution in [0.2, 0.25) is 0 Å². The van der Waals surface area contributed by atoms with Crippen LogP contribution in [-0.2, 0) is 52.7 Å². The third-order valence-corrected chi connectivity index (χ3v) is 15.6. The summed E-state index contributed by atoms with van der Waals surface area (Å²) in [6.07, 6.45) is -1.35. The number of aliphatic hydroxyl groups is 1. The van der Waals surface area contributed by atoms with Crippen LogP contribution >= 0.6 is 0 Å². The van der Waals surface area contributed by atoms with E-state index in [0.717, 1.165) is 9.80 Å². The maximum atomic E-state index is 15.0. The number of rotatable bonds is 14. The summed E-state index contributed by atoms with van der Waals surface area (Å²) in [6.45, 7) is 25.6. The molecule has 83 heavy (non-hydrogen) atoms. The van der Waals surface area contributed by atoms with Crippen molar-refractivity contribution in [1.29, 1.82) is 0 Å². The zero-order chi connectivity index (χ0) is 64.6. The van der Waals surface area contributed by atoms with E-state index in [4.69, 9.17) is 0 Å². The van der Waals surface area contributed by atoms with Gasteiger partial charge in [0.1, 0.15) is 60.4 Å². The Hall–Kier alpha value is -5.94. The second-order valence-electron chi connectivity index (χ2n) is 25.4. The molecule has 11 amide bonds. The highest BCUT2D eigenvalue weighted by Crippen LogP contribution is 2.25. The van der Waals surface area contributed by atoms with Crippen molar-refractivity contribution in [3.05, 3.63) is 0 Å². The van der Waals surface area contributed by atoms with Gasteiger partial charge in [-0.3, -0.25) is 57.1 Å². The summed E-state index contributed by atoms with van der Waals surface area (Å²) < 4.78 is 14.4. The van der Waals surface area contributed by atoms with Crippen LogP contribution in [0, 0.1) is 41.4 Å². The van der Waals surface area contributed by atoms with Crippen LogP contribution in [0.5, 0.6) is 0 Å². The van der Waals surface area contributed by atoms with Crippen LogP contribution in [0.25, 0.3) is 0 Å². The molecule has 0 aliphatic carbocycles. The van der Waals surface area contributed by atoms with Gasteiger partial charge in [-0.15, -0.1) is 0 Å². The third-order valence-electron chi connectivity index (χ3n) is 15.6. The van der Waals surface area contributed by atoms with Crippen LogP contribution in [0.3, 0.4) is 0 Å². The third kappa shape index (κ3) is 20.7. The number of hydrogen-bond acceptors (Lipinski definition) is 12. The molecule has 1 heterocycles. The second-order valence-corrected chi connectivity index (χ2v) is 25.4. The fraction of sp³-hybridized carbons (Fsp3) is 0.814. The van der Waals surface area contributed by atoms with E-state index in [-0.39, 0.29) is 55.8 Å². The number of nitrogens with zero attached hydrogens (tertiary/aromatic N) is 7. The molecule has 23 nitrogen and oxygen atoms in total. The summed E-state index contributed by atoms with van der Waals surface area (Å²) in [5, 5.41) is 22.4. The lowest BCUT2D eigenvalue weighted by atomic mass is 9.93. The minimum absolute atomic E-state index is 0.0421. The number of carbonyl (C=O) groups is 11. The van der Waals surface area contributed by atoms with Crippen LogP contribution in [0.15, 0.2) is 0 Å². The van der Waals surface area contributed by atoms with Crippen LogP contribution in [-0.4, -0.2) is 233 Å². The van der Waals surface area contributed by atoms with E-state index in [1.54, 1.807) is 34.6 Å². The Labute approximate surface area is 494 Å². The van der Waals surface area contributed by atoms with Crippen molar-refractivity contribution < 1.29 is 62.2 Å². The Bertz CT molecular complexity index is 2250. The van der Waals surface area contributed by atoms with E-state index in [1.807, 2.05) is 55.4 Å². The van der Waals surface area contributed by atoms with Gasteiger partial charge in [-0.1, -0.05) is 96.9 Å². The first-order valence-corrected chi connectivity index (χ1v) is 29.5. The van der Waals surface area contributed by atoms with E-state index in [1.165, 1.54) is 94.6 Å². The minimum Gasteiger partial charge on any atom is -0.390 e. The van der Waals surface area contributed by atoms with Gasteiger partial charge in [0.2, 0.25) is 65.0 Å². The van der Waals surface area contributed by atoms with E-state index < -0.39 is 162 Å². The van der Waals surface area contributed by atoms with Gasteiger partial charge in [0.05, 0.1) is 19.3 Å². The van der Waals surface area contributed by atoms with E-state index in [2.05, 4.69) is 21.3 Å². The molecule has 0 aromatic carbocycles. The highest BCUT2D eigenvalue weighted by molar-refractivity contribution is 5.99. The molecule has 1 saturated heterocycles. The normalized spacial score (nSPS) is 27.2. The van der Waals surface area contributed by atoms with Crippen molar-refractivity contribution in [2.45, 2.75) is 209 Å². The van der Waals surface area contributed by atoms with Gasteiger partial charge in [-0.2, -0.15) is 0 Å². The van der Waals surface area contributed by atoms with Crippen molar-refractivity contribution in [2.24, 2.45) is 41.4 Å². The molecule has 0 bridgehead atoms. The van der Waals surface area contributed by atoms with Crippen molar-refractivity contribution in [3.8, 4) is 0 Å². The summed E-state index contributed by atoms with van der Waals surface area (Å²) in [7, 11) is 9.58. The first-order chi connectivity index (χ1) is 38.2. The van der Waals surface area contributed by atoms with Crippen LogP contribution in [0.4, 0.5) is 4.39 Å². The number of carbonyl (C=O) groups excluding carboxylic acids is 11. The van der Waals surface area contributed by atoms with Gasteiger partial charge in [-0.25, -0.2) is 0 Å². The molecule has 0 saturated carbocycles. The smallest absolute Gasteiger partial charge is 0.246 e. The van der Waals surface area contributed by atoms with Crippen molar-refractivity contribution in [3.63, 3.8) is 0 Å². The average Bonchev–Trinajstić information content (AvgIpc) is 3.51. The first-order valence-electron chi connectivity index (χ1n) is 29.5. The lowest BCUT2D eigenvalue weighted by molar-refractivity contribution is -0.157. The lowest BCUT2D eigenvalue weighted by Gasteiger charge is -2.41. The van der Waals surface area contributed by atoms with Gasteiger partial charge >= 0.3 is 0 Å². The molecule has 24 heteroatoms. The summed E-state index contributed by atoms with van der Waals surface area (Å²) >= 11 is 0. The molecule has 12 atom stereocenters. The molecule has 1 fully saturated rings. The first kappa shape index (κ1) is 75.1. The van der Waals surface area contributed by atoms with Gasteiger partial charge in [0.25, 0.3) is 0 Å². The fourth-order valence-electron chi connectivity index (χ4n) is 10.3. The predicted octanol–water partition coefficient (Wildman–Crippen LogP) is 2.27. The zero-order valence-corrected chi connectivity index (χ0v) is 54.3. The molecule has 0 spiro atoms. The number of amides is 11. The summed E-state index contributed by atoms with van der Waals surface area (Å²) in [4.78, 5) is 167. The van der Waals surface area contributed by atoms with Gasteiger partial charge in [0.15, 0.2) is 0 Å². The zero-order valence-electron chi connectivity index (χ0n) is 54.3. The largest absolute Gasteiger partial charge is 0.390 e. The highest BCUT2D eigenvalue weighted by atomic mass is 19.1. The maximum absolute atomic E-state index is 15.0. The number of likely N-dealkylation sites (N-methyl/N-ethyl adjacent to an activating group) is 7. The topological polar surface area (TPSA) is 279 Å². The molecule has 1 rings (SSSR count). The molecular formula is C59H106FN11O12. The van der Waals surface area contributed by atoms with Gasteiger partial charge in [-0.05, 0) is 81.5 Å². The number of halogens is 1. The molecular weight excluding hydrogens is 1070 g/mol. The number of hydrogen-bond donors (Lipinski definition) is 5. The molecule has 0 radical (unpaired) electrons. The standard InChI is InChI=1S/C59H106FN11O12/c1-24-40-55(79)65(17)30-45(72)66(18)41(25-31(2)3)52(76)64-46(35(10)11)58(82)67(19)42(26-32(4)5)51(75)61-38(15)50(74)62-39(16)54(78)68(20)43(27-33(6)7)56(80)69(21)44(28-34(8)9)57(81)70(22)47(36(12)13)59(83)71(23)48(53(77)63-40)49(73)37(14)29-60/h31-44,46-49,73H,24-30H2,1-23H3,(H,61,75)(H,62,74)(H,63,77)(H,64,76)/t37-,38+,39-,40+,41+,42+,43+,44+,46+,47+,48?,49-/m1/s1. The van der Waals surface area contributed by atoms with Crippen molar-refractivity contribution >= 4 is 65.0 Å². The summed E-state index contributed by atoms with van der Waals surface area (Å²) in [6, 6.07) is -12.8. The summed E-state index contributed by atoms with van der Waals surface area (Å²) in [5.41, 5.74) is 0. The van der Waals surface area contributed by atoms with Gasteiger partial charge in [0, 0.05) is 55.3 Å². The second kappa shape index (κ2) is 33.5. The van der Waals surface area contributed by atoms with E-state index in [0.29, 0.717) is 0 Å². The average molecular weight is 1180 g/mol. The van der Waals surface area contributed by atoms with Crippen LogP contribution < -0.4 is 21.3 Å². The molecule has 0 aromatic heterocycles. The van der Waals surface area contributed by atoms with E-state index in [9.17, 15) is 62.2 Å². The maximum Gasteiger partial charge on any atom is 0.246 e. The molecule has 1 aliphatic rings. The minimum atomic E-state index is -1.83. The van der Waals surface area contributed by atoms with Gasteiger partial charge < -0.3 is 60.7 Å². The molecule has 1 aliphatic heterocycles. The molecule has 476 valence electrons. The Morgan fingerprint density at radius 1 is 0.446 bits per heavy atom. The van der Waals surface area contributed by atoms with Crippen molar-refractivity contribution in [1.82, 2.24) is 55.6 Å². The van der Waals surface area contributed by atoms with E-state index >= 15 is 0 Å². The number of alkyl halides is 1. The summed E-state index contributed by atoms with van der Waals surface area (Å²) in [5.74, 6) is -11.0. The fourth-order valence-corrected chi connectivity index (χ4v) is 10.3. The Morgan fingerprint density at radius 3 is 1.28 bits per heavy atom. The Morgan fingerprint density at radius 2 is 0.843 bits per heavy atom. The number of aliphatic hydroxyl groups excluding tert-OH is 1. The van der Waals surface area contributed by atoms with Crippen molar-refractivity contribution in [2.75, 3.05) is 62.6 Å². The SMILES string of the molecule is CC[C@@H]1NC(=O)C([C@H](O)[C@H](C)CF)N(C)C(=O)[C@H](C(C)C)N(C)C(=O)[C@H](CC(C)C)N(C)C(=O)[C@H](CC(C)C)N(C)C(=O)[C@@H](C)NC(=O)[C@H](C)NC(=O)[C@H](CC(C)C)N(C)C(=O)[C@H](C(C)C)NC(=O)[C@H](CC(C)C)N(C)C(=O)CN(C)C1=O. The Balaban J connectivity index is 4.28. The molecule has 0 aromatic rings.